The van der Waals surface area contributed by atoms with Crippen LogP contribution < -0.4 is 5.32 Å². The van der Waals surface area contributed by atoms with Gasteiger partial charge in [-0.2, -0.15) is 0 Å². The lowest BCUT2D eigenvalue weighted by atomic mass is 10.3. The SMILES string of the molecule is O=C(CSc1nnc(-c2ccccn2)o1)Nc1ccc(Cl)c(Cl)c1. The molecule has 0 atom stereocenters. The molecule has 0 aliphatic rings. The number of nitrogens with zero attached hydrogens (tertiary/aromatic N) is 3. The number of thioether (sulfide) groups is 1. The highest BCUT2D eigenvalue weighted by Crippen LogP contribution is 2.25. The summed E-state index contributed by atoms with van der Waals surface area (Å²) in [6.07, 6.45) is 1.64. The molecule has 0 unspecified atom stereocenters. The van der Waals surface area contributed by atoms with Crippen molar-refractivity contribution in [3.8, 4) is 11.6 Å². The second-order valence-electron chi connectivity index (χ2n) is 4.55. The van der Waals surface area contributed by atoms with Gasteiger partial charge in [-0.25, -0.2) is 0 Å². The summed E-state index contributed by atoms with van der Waals surface area (Å²) in [5, 5.41) is 11.6. The van der Waals surface area contributed by atoms with Crippen LogP contribution in [-0.4, -0.2) is 26.8 Å². The minimum absolute atomic E-state index is 0.115. The minimum Gasteiger partial charge on any atom is -0.410 e. The predicted octanol–water partition coefficient (Wildman–Crippen LogP) is 4.17. The number of carbonyl (C=O) groups excluding carboxylic acids is 1. The molecule has 0 radical (unpaired) electrons. The van der Waals surface area contributed by atoms with Crippen molar-refractivity contribution in [3.05, 3.63) is 52.6 Å². The summed E-state index contributed by atoms with van der Waals surface area (Å²) < 4.78 is 5.46. The molecule has 1 aromatic carbocycles. The molecule has 6 nitrogen and oxygen atoms in total. The molecule has 2 aromatic heterocycles. The number of anilines is 1. The quantitative estimate of drug-likeness (QED) is 0.668. The van der Waals surface area contributed by atoms with E-state index in [1.165, 1.54) is 0 Å². The van der Waals surface area contributed by atoms with Gasteiger partial charge in [0.1, 0.15) is 5.69 Å². The maximum atomic E-state index is 11.9. The lowest BCUT2D eigenvalue weighted by Gasteiger charge is -2.05. The average Bonchev–Trinajstić information content (AvgIpc) is 3.06. The van der Waals surface area contributed by atoms with E-state index in [0.717, 1.165) is 11.8 Å². The number of rotatable bonds is 5. The van der Waals surface area contributed by atoms with Gasteiger partial charge in [-0.1, -0.05) is 41.0 Å². The first-order valence-electron chi connectivity index (χ1n) is 6.74. The highest BCUT2D eigenvalue weighted by atomic mass is 35.5. The zero-order valence-electron chi connectivity index (χ0n) is 12.1. The summed E-state index contributed by atoms with van der Waals surface area (Å²) in [6, 6.07) is 10.2. The van der Waals surface area contributed by atoms with Gasteiger partial charge in [0.2, 0.25) is 5.91 Å². The van der Waals surface area contributed by atoms with Gasteiger partial charge >= 0.3 is 0 Å². The average molecular weight is 381 g/mol. The standard InChI is InChI=1S/C15H10Cl2N4O2S/c16-10-5-4-9(7-11(10)17)19-13(22)8-24-15-21-20-14(23-15)12-3-1-2-6-18-12/h1-7H,8H2,(H,19,22). The zero-order valence-corrected chi connectivity index (χ0v) is 14.4. The Morgan fingerprint density at radius 1 is 1.17 bits per heavy atom. The fraction of sp³-hybridized carbons (Fsp3) is 0.0667. The first kappa shape index (κ1) is 16.8. The molecular formula is C15H10Cl2N4O2S. The van der Waals surface area contributed by atoms with E-state index in [1.807, 2.05) is 6.07 Å². The molecule has 1 amide bonds. The Morgan fingerprint density at radius 2 is 2.04 bits per heavy atom. The monoisotopic (exact) mass is 380 g/mol. The third-order valence-corrected chi connectivity index (χ3v) is 4.38. The fourth-order valence-electron chi connectivity index (χ4n) is 1.76. The Hall–Kier alpha value is -2.09. The van der Waals surface area contributed by atoms with E-state index in [4.69, 9.17) is 27.6 Å². The first-order valence-corrected chi connectivity index (χ1v) is 8.48. The van der Waals surface area contributed by atoms with E-state index in [-0.39, 0.29) is 11.7 Å². The van der Waals surface area contributed by atoms with Gasteiger partial charge in [-0.05, 0) is 30.3 Å². The van der Waals surface area contributed by atoms with Crippen LogP contribution in [0.4, 0.5) is 5.69 Å². The van der Waals surface area contributed by atoms with E-state index < -0.39 is 0 Å². The van der Waals surface area contributed by atoms with Crippen molar-refractivity contribution in [2.24, 2.45) is 0 Å². The van der Waals surface area contributed by atoms with Crippen molar-refractivity contribution < 1.29 is 9.21 Å². The number of pyridine rings is 1. The van der Waals surface area contributed by atoms with Crippen LogP contribution in [0, 0.1) is 0 Å². The maximum absolute atomic E-state index is 11.9. The summed E-state index contributed by atoms with van der Waals surface area (Å²) in [4.78, 5) is 16.1. The Kier molecular flexibility index (Phi) is 5.34. The second kappa shape index (κ2) is 7.65. The predicted molar refractivity (Wildman–Crippen MR) is 93.3 cm³/mol. The molecule has 0 saturated carbocycles. The number of nitrogens with one attached hydrogen (secondary N) is 1. The van der Waals surface area contributed by atoms with Crippen LogP contribution in [0.15, 0.2) is 52.2 Å². The molecule has 3 rings (SSSR count). The van der Waals surface area contributed by atoms with Crippen LogP contribution in [-0.2, 0) is 4.79 Å². The molecule has 0 bridgehead atoms. The van der Waals surface area contributed by atoms with E-state index in [1.54, 1.807) is 36.5 Å². The molecule has 0 saturated heterocycles. The highest BCUT2D eigenvalue weighted by Gasteiger charge is 2.12. The minimum atomic E-state index is -0.226. The molecule has 24 heavy (non-hydrogen) atoms. The van der Waals surface area contributed by atoms with Gasteiger partial charge in [0, 0.05) is 11.9 Å². The molecule has 0 aliphatic heterocycles. The fourth-order valence-corrected chi connectivity index (χ4v) is 2.62. The van der Waals surface area contributed by atoms with Crippen molar-refractivity contribution in [1.82, 2.24) is 15.2 Å². The topological polar surface area (TPSA) is 80.9 Å². The Labute approximate surface area is 151 Å². The maximum Gasteiger partial charge on any atom is 0.277 e. The number of amides is 1. The molecule has 1 N–H and O–H groups in total. The number of carbonyl (C=O) groups is 1. The van der Waals surface area contributed by atoms with Crippen LogP contribution in [0.5, 0.6) is 0 Å². The van der Waals surface area contributed by atoms with Crippen LogP contribution >= 0.6 is 35.0 Å². The van der Waals surface area contributed by atoms with Gasteiger partial charge in [0.05, 0.1) is 15.8 Å². The lowest BCUT2D eigenvalue weighted by Crippen LogP contribution is -2.13. The van der Waals surface area contributed by atoms with Crippen molar-refractivity contribution in [1.29, 1.82) is 0 Å². The van der Waals surface area contributed by atoms with E-state index in [2.05, 4.69) is 20.5 Å². The molecule has 122 valence electrons. The Morgan fingerprint density at radius 3 is 2.79 bits per heavy atom. The first-order chi connectivity index (χ1) is 11.6. The molecule has 3 aromatic rings. The Balaban J connectivity index is 1.56. The molecule has 0 aliphatic carbocycles. The second-order valence-corrected chi connectivity index (χ2v) is 6.29. The van der Waals surface area contributed by atoms with Gasteiger partial charge in [-0.15, -0.1) is 10.2 Å². The lowest BCUT2D eigenvalue weighted by molar-refractivity contribution is -0.113. The molecule has 2 heterocycles. The van der Waals surface area contributed by atoms with Crippen molar-refractivity contribution in [3.63, 3.8) is 0 Å². The summed E-state index contributed by atoms with van der Waals surface area (Å²) in [6.45, 7) is 0. The summed E-state index contributed by atoms with van der Waals surface area (Å²) in [5.74, 6) is 0.198. The Bertz CT molecular complexity index is 858. The van der Waals surface area contributed by atoms with Crippen LogP contribution in [0.1, 0.15) is 0 Å². The summed E-state index contributed by atoms with van der Waals surface area (Å²) in [5.41, 5.74) is 1.15. The number of aromatic nitrogens is 3. The summed E-state index contributed by atoms with van der Waals surface area (Å²) in [7, 11) is 0. The molecule has 0 spiro atoms. The van der Waals surface area contributed by atoms with Crippen molar-refractivity contribution in [2.75, 3.05) is 11.1 Å². The normalized spacial score (nSPS) is 10.6. The number of benzene rings is 1. The van der Waals surface area contributed by atoms with Gasteiger partial charge < -0.3 is 9.73 Å². The zero-order chi connectivity index (χ0) is 16.9. The van der Waals surface area contributed by atoms with E-state index in [0.29, 0.717) is 32.5 Å². The third-order valence-electron chi connectivity index (χ3n) is 2.82. The van der Waals surface area contributed by atoms with Crippen molar-refractivity contribution >= 4 is 46.6 Å². The smallest absolute Gasteiger partial charge is 0.277 e. The molecule has 9 heteroatoms. The van der Waals surface area contributed by atoms with Gasteiger partial charge in [0.25, 0.3) is 11.1 Å². The van der Waals surface area contributed by atoms with Gasteiger partial charge in [-0.3, -0.25) is 9.78 Å². The van der Waals surface area contributed by atoms with E-state index >= 15 is 0 Å². The molecular weight excluding hydrogens is 371 g/mol. The number of halogens is 2. The van der Waals surface area contributed by atoms with Crippen LogP contribution in [0.25, 0.3) is 11.6 Å². The van der Waals surface area contributed by atoms with Crippen LogP contribution in [0.3, 0.4) is 0 Å². The number of hydrogen-bond donors (Lipinski definition) is 1. The third kappa shape index (κ3) is 4.25. The van der Waals surface area contributed by atoms with E-state index in [9.17, 15) is 4.79 Å². The van der Waals surface area contributed by atoms with Gasteiger partial charge in [0.15, 0.2) is 0 Å². The molecule has 0 fully saturated rings. The summed E-state index contributed by atoms with van der Waals surface area (Å²) >= 11 is 12.9. The van der Waals surface area contributed by atoms with Crippen LogP contribution in [0.2, 0.25) is 10.0 Å². The largest absolute Gasteiger partial charge is 0.410 e. The number of hydrogen-bond acceptors (Lipinski definition) is 6. The highest BCUT2D eigenvalue weighted by molar-refractivity contribution is 7.99. The van der Waals surface area contributed by atoms with Crippen molar-refractivity contribution in [2.45, 2.75) is 5.22 Å².